The number of pyridine rings is 1. The fourth-order valence-electron chi connectivity index (χ4n) is 4.32. The molecule has 1 saturated heterocycles. The van der Waals surface area contributed by atoms with Crippen LogP contribution in [-0.4, -0.2) is 66.5 Å². The van der Waals surface area contributed by atoms with E-state index in [9.17, 15) is 9.18 Å². The summed E-state index contributed by atoms with van der Waals surface area (Å²) in [6.45, 7) is 5.06. The molecule has 0 bridgehead atoms. The maximum absolute atomic E-state index is 13.1. The van der Waals surface area contributed by atoms with Crippen molar-refractivity contribution in [2.24, 2.45) is 0 Å². The van der Waals surface area contributed by atoms with Crippen LogP contribution >= 0.6 is 0 Å². The van der Waals surface area contributed by atoms with Gasteiger partial charge in [0.05, 0.1) is 12.4 Å². The van der Waals surface area contributed by atoms with Crippen LogP contribution in [0.3, 0.4) is 0 Å². The number of ketones is 1. The van der Waals surface area contributed by atoms with Gasteiger partial charge in [-0.2, -0.15) is 15.2 Å². The number of rotatable bonds is 7. The molecule has 0 unspecified atom stereocenters. The Hall–Kier alpha value is -4.19. The number of carbonyl (C=O) groups excluding carboxylic acids is 1. The first-order valence-corrected chi connectivity index (χ1v) is 12.3. The van der Waals surface area contributed by atoms with E-state index in [1.807, 2.05) is 30.9 Å². The maximum atomic E-state index is 13.1. The molecule has 0 saturated carbocycles. The van der Waals surface area contributed by atoms with E-state index in [2.05, 4.69) is 30.2 Å². The third-order valence-electron chi connectivity index (χ3n) is 6.49. The number of Topliss-reactive ketones (excluding diaryl/α,β-unsaturated/α-hetero) is 1. The third-order valence-corrected chi connectivity index (χ3v) is 6.49. The second-order valence-corrected chi connectivity index (χ2v) is 9.21. The molecule has 3 N–H and O–H groups in total. The molecular weight excluding hydrogens is 489 g/mol. The Bertz CT molecular complexity index is 1310. The number of nitrogens with zero attached hydrogens (tertiary/aromatic N) is 7. The zero-order valence-corrected chi connectivity index (χ0v) is 21.8. The van der Waals surface area contributed by atoms with E-state index in [0.717, 1.165) is 23.1 Å². The van der Waals surface area contributed by atoms with Gasteiger partial charge in [0.1, 0.15) is 11.4 Å². The van der Waals surface area contributed by atoms with Crippen LogP contribution in [0.2, 0.25) is 0 Å². The van der Waals surface area contributed by atoms with Gasteiger partial charge in [0.15, 0.2) is 17.4 Å². The van der Waals surface area contributed by atoms with Crippen LogP contribution in [0, 0.1) is 19.7 Å². The summed E-state index contributed by atoms with van der Waals surface area (Å²) in [7, 11) is 1.59. The molecule has 38 heavy (non-hydrogen) atoms. The molecule has 0 atom stereocenters. The molecule has 1 fully saturated rings. The minimum absolute atomic E-state index is 0.0718. The molecule has 200 valence electrons. The molecule has 12 heteroatoms. The monoisotopic (exact) mass is 521 g/mol. The number of nitrogens with two attached hydrogens (primary N) is 1. The first-order valence-electron chi connectivity index (χ1n) is 12.3. The minimum Gasteiger partial charge on any atom is -0.384 e. The van der Waals surface area contributed by atoms with Crippen molar-refractivity contribution in [3.8, 4) is 5.82 Å². The summed E-state index contributed by atoms with van der Waals surface area (Å²) in [6.07, 6.45) is 7.81. The van der Waals surface area contributed by atoms with Crippen LogP contribution in [0.15, 0.2) is 49.1 Å². The van der Waals surface area contributed by atoms with E-state index in [0.29, 0.717) is 56.4 Å². The number of nitrogens with one attached hydrogen (secondary N) is 1. The van der Waals surface area contributed by atoms with Gasteiger partial charge in [0.2, 0.25) is 5.95 Å². The number of halogens is 1. The smallest absolute Gasteiger partial charge is 0.227 e. The molecule has 1 aliphatic heterocycles. The number of methoxy groups -OCH3 is 1. The van der Waals surface area contributed by atoms with Crippen LogP contribution in [0.1, 0.15) is 36.2 Å². The van der Waals surface area contributed by atoms with Crippen LogP contribution in [0.25, 0.3) is 5.82 Å². The van der Waals surface area contributed by atoms with E-state index < -0.39 is 11.4 Å². The molecule has 11 nitrogen and oxygen atoms in total. The summed E-state index contributed by atoms with van der Waals surface area (Å²) in [6, 6.07) is 7.27. The van der Waals surface area contributed by atoms with E-state index >= 15 is 0 Å². The zero-order valence-electron chi connectivity index (χ0n) is 21.8. The predicted octanol–water partition coefficient (Wildman–Crippen LogP) is 2.99. The average Bonchev–Trinajstić information content (AvgIpc) is 3.58. The lowest BCUT2D eigenvalue weighted by atomic mass is 9.84. The van der Waals surface area contributed by atoms with Gasteiger partial charge in [-0.1, -0.05) is 6.07 Å². The van der Waals surface area contributed by atoms with Gasteiger partial charge in [-0.25, -0.2) is 19.0 Å². The van der Waals surface area contributed by atoms with Crippen molar-refractivity contribution >= 4 is 17.5 Å². The highest BCUT2D eigenvalue weighted by Gasteiger charge is 2.41. The van der Waals surface area contributed by atoms with E-state index in [-0.39, 0.29) is 5.78 Å². The van der Waals surface area contributed by atoms with Gasteiger partial charge in [-0.05, 0) is 38.0 Å². The molecular formula is C26H32FN9O2. The van der Waals surface area contributed by atoms with E-state index in [1.54, 1.807) is 31.6 Å². The van der Waals surface area contributed by atoms with Crippen LogP contribution in [0.4, 0.5) is 16.2 Å². The molecule has 4 aromatic heterocycles. The second-order valence-electron chi connectivity index (χ2n) is 9.21. The lowest BCUT2D eigenvalue weighted by Gasteiger charge is -2.39. The molecule has 1 aliphatic rings. The summed E-state index contributed by atoms with van der Waals surface area (Å²) in [5.74, 6) is 1.19. The molecule has 0 aliphatic carbocycles. The minimum atomic E-state index is -0.814. The second kappa shape index (κ2) is 11.9. The lowest BCUT2D eigenvalue weighted by Crippen LogP contribution is -2.51. The average molecular weight is 522 g/mol. The van der Waals surface area contributed by atoms with Crippen molar-refractivity contribution in [3.63, 3.8) is 0 Å². The number of aromatic nitrogens is 7. The van der Waals surface area contributed by atoms with Crippen LogP contribution < -0.4 is 10.6 Å². The topological polar surface area (TPSA) is 141 Å². The number of piperidine rings is 1. The number of anilines is 2. The normalized spacial score (nSPS) is 14.6. The highest BCUT2D eigenvalue weighted by atomic mass is 19.1. The number of hydrogen-bond acceptors (Lipinski definition) is 9. The van der Waals surface area contributed by atoms with Crippen molar-refractivity contribution in [3.05, 3.63) is 71.8 Å². The number of carbonyl (C=O) groups is 1. The van der Waals surface area contributed by atoms with E-state index in [1.165, 1.54) is 10.9 Å². The Balaban J connectivity index is 0.000000494. The molecule has 0 spiro atoms. The van der Waals surface area contributed by atoms with Gasteiger partial charge in [0, 0.05) is 69.3 Å². The number of aromatic amines is 1. The largest absolute Gasteiger partial charge is 0.384 e. The summed E-state index contributed by atoms with van der Waals surface area (Å²) in [4.78, 5) is 28.2. The Kier molecular flexibility index (Phi) is 8.41. The summed E-state index contributed by atoms with van der Waals surface area (Å²) in [5.41, 5.74) is 7.87. The molecule has 0 aromatic carbocycles. The van der Waals surface area contributed by atoms with Gasteiger partial charge in [-0.3, -0.25) is 9.89 Å². The van der Waals surface area contributed by atoms with Crippen molar-refractivity contribution in [2.75, 3.05) is 30.8 Å². The highest BCUT2D eigenvalue weighted by Crippen LogP contribution is 2.30. The zero-order chi connectivity index (χ0) is 27.1. The Morgan fingerprint density at radius 3 is 2.50 bits per heavy atom. The SMILES string of the molecule is COC1(C(=O)CCc2ccc(-n3cc(F)cn3)nc2)CCN(c2nc(C)cc(N)n2)CC1.Cc1ccn[nH]1. The first kappa shape index (κ1) is 26.9. The molecule has 5 heterocycles. The van der Waals surface area contributed by atoms with Crippen molar-refractivity contribution in [1.29, 1.82) is 0 Å². The number of H-pyrrole nitrogens is 1. The first-order chi connectivity index (χ1) is 18.3. The Morgan fingerprint density at radius 2 is 1.97 bits per heavy atom. The van der Waals surface area contributed by atoms with Crippen molar-refractivity contribution in [1.82, 2.24) is 34.9 Å². The van der Waals surface area contributed by atoms with Gasteiger partial charge in [-0.15, -0.1) is 0 Å². The number of ether oxygens (including phenoxy) is 1. The Morgan fingerprint density at radius 1 is 1.18 bits per heavy atom. The van der Waals surface area contributed by atoms with Crippen molar-refractivity contribution < 1.29 is 13.9 Å². The fourth-order valence-corrected chi connectivity index (χ4v) is 4.32. The van der Waals surface area contributed by atoms with Crippen LogP contribution in [0.5, 0.6) is 0 Å². The predicted molar refractivity (Wildman–Crippen MR) is 140 cm³/mol. The summed E-state index contributed by atoms with van der Waals surface area (Å²) in [5, 5.41) is 10.3. The van der Waals surface area contributed by atoms with Gasteiger partial charge < -0.3 is 15.4 Å². The lowest BCUT2D eigenvalue weighted by molar-refractivity contribution is -0.143. The highest BCUT2D eigenvalue weighted by molar-refractivity contribution is 5.88. The quantitative estimate of drug-likeness (QED) is 0.375. The number of hydrogen-bond donors (Lipinski definition) is 2. The molecule has 0 amide bonds. The number of aryl methyl sites for hydroxylation is 3. The van der Waals surface area contributed by atoms with Gasteiger partial charge >= 0.3 is 0 Å². The molecule has 0 radical (unpaired) electrons. The van der Waals surface area contributed by atoms with E-state index in [4.69, 9.17) is 10.5 Å². The molecule has 5 rings (SSSR count). The fraction of sp³-hybridized carbons (Fsp3) is 0.385. The Labute approximate surface area is 220 Å². The van der Waals surface area contributed by atoms with Gasteiger partial charge in [0.25, 0.3) is 0 Å². The maximum Gasteiger partial charge on any atom is 0.227 e. The molecule has 4 aromatic rings. The standard InChI is InChI=1S/C22H26FN7O2.C4H6N2/c1-15-11-19(24)28-21(27-15)29-9-7-22(32-2,8-10-29)18(31)5-3-16-4-6-20(25-12-16)30-14-17(23)13-26-30;1-4-2-3-5-6-4/h4,6,11-14H,3,5,7-10H2,1-2H3,(H2,24,27,28);2-3H,1H3,(H,5,6). The van der Waals surface area contributed by atoms with Crippen LogP contribution in [-0.2, 0) is 16.0 Å². The summed E-state index contributed by atoms with van der Waals surface area (Å²) < 4.78 is 20.2. The third kappa shape index (κ3) is 6.57. The number of nitrogen functional groups attached to an aromatic ring is 1. The summed E-state index contributed by atoms with van der Waals surface area (Å²) >= 11 is 0. The van der Waals surface area contributed by atoms with Crippen molar-refractivity contribution in [2.45, 2.75) is 45.1 Å².